The second-order valence-corrected chi connectivity index (χ2v) is 10.8. The first-order valence-electron chi connectivity index (χ1n) is 12.6. The number of fused-ring (bicyclic) bond motifs is 1. The number of nitrogens with zero attached hydrogens (tertiary/aromatic N) is 6. The molecule has 0 spiro atoms. The molecule has 1 aliphatic rings. The average molecular weight is 537 g/mol. The standard InChI is InChI=1S/C26H32N8O3S/c1-15(2)32-6-5-17(13-32)25(36)31-19-9-20(16(3)28-11-19)22-23(18-10-29-33(14-18)7-8-37-4)38-26-21(24(27)35)12-30-34(22)26/h9-12,14-15,17H,5-8,13H2,1-4H3,(H2,27,35)(H,31,36). The molecule has 11 nitrogen and oxygen atoms in total. The maximum atomic E-state index is 13.1. The Morgan fingerprint density at radius 2 is 2.08 bits per heavy atom. The Hall–Kier alpha value is -3.61. The lowest BCUT2D eigenvalue weighted by molar-refractivity contribution is -0.119. The third kappa shape index (κ3) is 4.94. The van der Waals surface area contributed by atoms with Gasteiger partial charge in [0.05, 0.1) is 59.5 Å². The van der Waals surface area contributed by atoms with Gasteiger partial charge in [-0.2, -0.15) is 10.2 Å². The SMILES string of the molecule is COCCn1cc(-c2sc3c(C(N)=O)cnn3c2-c2cc(NC(=O)C3CCN(C(C)C)C3)cnc2C)cn1. The number of rotatable bonds is 9. The number of pyridine rings is 1. The van der Waals surface area contributed by atoms with Gasteiger partial charge in [-0.15, -0.1) is 11.3 Å². The van der Waals surface area contributed by atoms with Crippen LogP contribution in [0, 0.1) is 12.8 Å². The van der Waals surface area contributed by atoms with Crippen molar-refractivity contribution in [3.63, 3.8) is 0 Å². The predicted molar refractivity (Wildman–Crippen MR) is 146 cm³/mol. The molecule has 4 aromatic heterocycles. The first-order valence-corrected chi connectivity index (χ1v) is 13.4. The summed E-state index contributed by atoms with van der Waals surface area (Å²) in [6.07, 6.45) is 7.71. The summed E-state index contributed by atoms with van der Waals surface area (Å²) < 4.78 is 8.71. The molecule has 38 heavy (non-hydrogen) atoms. The van der Waals surface area contributed by atoms with E-state index in [9.17, 15) is 9.59 Å². The predicted octanol–water partition coefficient (Wildman–Crippen LogP) is 3.04. The Balaban J connectivity index is 1.54. The Morgan fingerprint density at radius 3 is 2.79 bits per heavy atom. The van der Waals surface area contributed by atoms with Crippen LogP contribution in [0.1, 0.15) is 36.3 Å². The average Bonchev–Trinajstić information content (AvgIpc) is 3.67. The Kier molecular flexibility index (Phi) is 7.28. The number of hydrogen-bond donors (Lipinski definition) is 2. The number of anilines is 1. The number of carbonyl (C=O) groups excluding carboxylic acids is 2. The molecule has 5 rings (SSSR count). The van der Waals surface area contributed by atoms with Crippen LogP contribution in [0.4, 0.5) is 5.69 Å². The Morgan fingerprint density at radius 1 is 1.26 bits per heavy atom. The minimum Gasteiger partial charge on any atom is -0.383 e. The lowest BCUT2D eigenvalue weighted by atomic mass is 10.1. The van der Waals surface area contributed by atoms with E-state index in [1.54, 1.807) is 24.0 Å². The van der Waals surface area contributed by atoms with Crippen molar-refractivity contribution in [1.82, 2.24) is 29.3 Å². The smallest absolute Gasteiger partial charge is 0.253 e. The molecular weight excluding hydrogens is 504 g/mol. The first-order chi connectivity index (χ1) is 18.3. The maximum Gasteiger partial charge on any atom is 0.253 e. The fraction of sp³-hybridized carbons (Fsp3) is 0.423. The number of primary amides is 1. The number of amides is 2. The van der Waals surface area contributed by atoms with Crippen molar-refractivity contribution < 1.29 is 14.3 Å². The molecule has 5 heterocycles. The summed E-state index contributed by atoms with van der Waals surface area (Å²) >= 11 is 1.42. The first kappa shape index (κ1) is 26.0. The largest absolute Gasteiger partial charge is 0.383 e. The number of carbonyl (C=O) groups is 2. The number of ether oxygens (including phenoxy) is 1. The van der Waals surface area contributed by atoms with Crippen LogP contribution in [0.2, 0.25) is 0 Å². The van der Waals surface area contributed by atoms with Crippen LogP contribution in [-0.4, -0.2) is 73.9 Å². The lowest BCUT2D eigenvalue weighted by Gasteiger charge is -2.20. The molecular formula is C26H32N8O3S. The molecule has 0 radical (unpaired) electrons. The topological polar surface area (TPSA) is 133 Å². The highest BCUT2D eigenvalue weighted by Gasteiger charge is 2.30. The van der Waals surface area contributed by atoms with Gasteiger partial charge in [-0.3, -0.25) is 19.3 Å². The molecule has 1 fully saturated rings. The minimum absolute atomic E-state index is 0.00466. The van der Waals surface area contributed by atoms with Gasteiger partial charge in [-0.05, 0) is 39.8 Å². The van der Waals surface area contributed by atoms with E-state index in [1.807, 2.05) is 23.9 Å². The highest BCUT2D eigenvalue weighted by atomic mass is 32.1. The number of nitrogens with two attached hydrogens (primary N) is 1. The van der Waals surface area contributed by atoms with E-state index in [4.69, 9.17) is 10.5 Å². The third-order valence-corrected chi connectivity index (χ3v) is 8.19. The van der Waals surface area contributed by atoms with Crippen LogP contribution in [0.3, 0.4) is 0 Å². The molecule has 2 amide bonds. The van der Waals surface area contributed by atoms with Gasteiger partial charge in [-0.1, -0.05) is 0 Å². The van der Waals surface area contributed by atoms with Crippen LogP contribution < -0.4 is 11.1 Å². The molecule has 1 aliphatic heterocycles. The number of methoxy groups -OCH3 is 1. The molecule has 0 aliphatic carbocycles. The summed E-state index contributed by atoms with van der Waals surface area (Å²) in [4.78, 5) is 33.6. The van der Waals surface area contributed by atoms with Gasteiger partial charge in [-0.25, -0.2) is 4.52 Å². The van der Waals surface area contributed by atoms with Crippen LogP contribution >= 0.6 is 11.3 Å². The number of nitrogens with one attached hydrogen (secondary N) is 1. The monoisotopic (exact) mass is 536 g/mol. The van der Waals surface area contributed by atoms with Gasteiger partial charge in [0.1, 0.15) is 4.83 Å². The normalized spacial score (nSPS) is 16.1. The molecule has 12 heteroatoms. The number of aromatic nitrogens is 5. The minimum atomic E-state index is -0.544. The van der Waals surface area contributed by atoms with Crippen molar-refractivity contribution in [2.24, 2.45) is 11.7 Å². The van der Waals surface area contributed by atoms with Gasteiger partial charge in [0, 0.05) is 42.7 Å². The van der Waals surface area contributed by atoms with E-state index in [0.717, 1.165) is 46.9 Å². The summed E-state index contributed by atoms with van der Waals surface area (Å²) in [5.74, 6) is -0.610. The quantitative estimate of drug-likeness (QED) is 0.336. The van der Waals surface area contributed by atoms with Crippen molar-refractivity contribution in [2.75, 3.05) is 32.1 Å². The van der Waals surface area contributed by atoms with Gasteiger partial charge in [0.25, 0.3) is 5.91 Å². The van der Waals surface area contributed by atoms with Crippen LogP contribution in [-0.2, 0) is 16.1 Å². The zero-order chi connectivity index (χ0) is 27.0. The summed E-state index contributed by atoms with van der Waals surface area (Å²) in [5, 5.41) is 12.0. The van der Waals surface area contributed by atoms with Crippen LogP contribution in [0.5, 0.6) is 0 Å². The number of aryl methyl sites for hydroxylation is 1. The van der Waals surface area contributed by atoms with Gasteiger partial charge < -0.3 is 20.7 Å². The summed E-state index contributed by atoms with van der Waals surface area (Å²) in [7, 11) is 1.65. The number of hydrogen-bond acceptors (Lipinski definition) is 8. The number of thiazole rings is 1. The van der Waals surface area contributed by atoms with Crippen molar-refractivity contribution >= 4 is 33.7 Å². The molecule has 1 atom stereocenters. The summed E-state index contributed by atoms with van der Waals surface area (Å²) in [6.45, 7) is 9.02. The Labute approximate surface area is 224 Å². The summed E-state index contributed by atoms with van der Waals surface area (Å²) in [5.41, 5.74) is 9.79. The number of likely N-dealkylation sites (tertiary alicyclic amines) is 1. The molecule has 1 unspecified atom stereocenters. The van der Waals surface area contributed by atoms with Crippen molar-refractivity contribution in [1.29, 1.82) is 0 Å². The molecule has 1 saturated heterocycles. The van der Waals surface area contributed by atoms with Crippen molar-refractivity contribution in [2.45, 2.75) is 39.8 Å². The highest BCUT2D eigenvalue weighted by Crippen LogP contribution is 2.41. The van der Waals surface area contributed by atoms with Crippen LogP contribution in [0.25, 0.3) is 26.5 Å². The zero-order valence-electron chi connectivity index (χ0n) is 22.0. The van der Waals surface area contributed by atoms with Crippen LogP contribution in [0.15, 0.2) is 30.9 Å². The van der Waals surface area contributed by atoms with E-state index in [1.165, 1.54) is 17.5 Å². The van der Waals surface area contributed by atoms with E-state index in [0.29, 0.717) is 35.3 Å². The maximum absolute atomic E-state index is 13.1. The fourth-order valence-corrected chi connectivity index (χ4v) is 5.98. The van der Waals surface area contributed by atoms with E-state index in [-0.39, 0.29) is 11.8 Å². The highest BCUT2D eigenvalue weighted by molar-refractivity contribution is 7.21. The van der Waals surface area contributed by atoms with Crippen molar-refractivity contribution in [3.8, 4) is 21.7 Å². The second-order valence-electron chi connectivity index (χ2n) is 9.82. The molecule has 200 valence electrons. The molecule has 0 saturated carbocycles. The van der Waals surface area contributed by atoms with E-state index >= 15 is 0 Å². The van der Waals surface area contributed by atoms with E-state index in [2.05, 4.69) is 39.2 Å². The molecule has 4 aromatic rings. The summed E-state index contributed by atoms with van der Waals surface area (Å²) in [6, 6.07) is 2.33. The molecule has 3 N–H and O–H groups in total. The molecule has 0 aromatic carbocycles. The van der Waals surface area contributed by atoms with E-state index < -0.39 is 5.91 Å². The third-order valence-electron chi connectivity index (χ3n) is 6.97. The van der Waals surface area contributed by atoms with Crippen molar-refractivity contribution in [3.05, 3.63) is 42.1 Å². The lowest BCUT2D eigenvalue weighted by Crippen LogP contribution is -2.31. The Bertz CT molecular complexity index is 1490. The second kappa shape index (κ2) is 10.6. The fourth-order valence-electron chi connectivity index (χ4n) is 4.78. The molecule has 0 bridgehead atoms. The van der Waals surface area contributed by atoms with Gasteiger partial charge in [0.15, 0.2) is 0 Å². The zero-order valence-corrected chi connectivity index (χ0v) is 22.8. The van der Waals surface area contributed by atoms with Gasteiger partial charge in [0.2, 0.25) is 5.91 Å². The van der Waals surface area contributed by atoms with Gasteiger partial charge >= 0.3 is 0 Å².